The van der Waals surface area contributed by atoms with Crippen LogP contribution in [0.2, 0.25) is 0 Å². The van der Waals surface area contributed by atoms with E-state index in [0.29, 0.717) is 5.75 Å². The largest absolute Gasteiger partial charge is 0.508 e. The van der Waals surface area contributed by atoms with Gasteiger partial charge in [-0.15, -0.1) is 0 Å². The highest BCUT2D eigenvalue weighted by Crippen LogP contribution is 2.42. The van der Waals surface area contributed by atoms with Gasteiger partial charge < -0.3 is 10.8 Å². The maximum atomic E-state index is 9.96. The first-order chi connectivity index (χ1) is 7.04. The molecule has 1 aliphatic carbocycles. The molecule has 1 fully saturated rings. The van der Waals surface area contributed by atoms with Gasteiger partial charge in [0, 0.05) is 11.1 Å². The molecule has 0 aromatic heterocycles. The van der Waals surface area contributed by atoms with Crippen LogP contribution in [0.5, 0.6) is 5.75 Å². The zero-order chi connectivity index (χ0) is 11.1. The molecule has 2 heteroatoms. The summed E-state index contributed by atoms with van der Waals surface area (Å²) in [5, 5.41) is 9.96. The van der Waals surface area contributed by atoms with E-state index in [2.05, 4.69) is 13.8 Å². The third kappa shape index (κ3) is 1.63. The summed E-state index contributed by atoms with van der Waals surface area (Å²) in [7, 11) is 0. The van der Waals surface area contributed by atoms with Gasteiger partial charge in [-0.25, -0.2) is 0 Å². The molecular formula is C13H19NO. The van der Waals surface area contributed by atoms with Crippen LogP contribution in [0, 0.1) is 13.8 Å². The molecule has 0 spiro atoms. The lowest BCUT2D eigenvalue weighted by Crippen LogP contribution is -2.34. The van der Waals surface area contributed by atoms with Gasteiger partial charge in [-0.05, 0) is 43.9 Å². The fraction of sp³-hybridized carbons (Fsp3) is 0.538. The van der Waals surface area contributed by atoms with Crippen molar-refractivity contribution < 1.29 is 5.11 Å². The van der Waals surface area contributed by atoms with Gasteiger partial charge in [0.05, 0.1) is 0 Å². The van der Waals surface area contributed by atoms with Crippen molar-refractivity contribution in [1.82, 2.24) is 0 Å². The molecule has 0 radical (unpaired) electrons. The minimum atomic E-state index is -0.291. The van der Waals surface area contributed by atoms with Crippen LogP contribution in [-0.4, -0.2) is 5.11 Å². The van der Waals surface area contributed by atoms with Crippen LogP contribution in [0.15, 0.2) is 12.1 Å². The Morgan fingerprint density at radius 3 is 2.40 bits per heavy atom. The van der Waals surface area contributed by atoms with Gasteiger partial charge in [0.25, 0.3) is 0 Å². The van der Waals surface area contributed by atoms with Crippen LogP contribution in [0.1, 0.15) is 42.4 Å². The first kappa shape index (κ1) is 10.5. The number of aryl methyl sites for hydroxylation is 1. The van der Waals surface area contributed by atoms with E-state index in [0.717, 1.165) is 24.0 Å². The molecule has 2 nitrogen and oxygen atoms in total. The zero-order valence-electron chi connectivity index (χ0n) is 9.51. The van der Waals surface area contributed by atoms with Crippen molar-refractivity contribution in [2.45, 2.75) is 45.1 Å². The zero-order valence-corrected chi connectivity index (χ0v) is 9.51. The number of aromatic hydroxyl groups is 1. The van der Waals surface area contributed by atoms with Crippen molar-refractivity contribution in [3.05, 3.63) is 28.8 Å². The molecule has 0 bridgehead atoms. The van der Waals surface area contributed by atoms with Gasteiger partial charge in [-0.3, -0.25) is 0 Å². The number of benzene rings is 1. The Hall–Kier alpha value is -1.02. The van der Waals surface area contributed by atoms with Crippen LogP contribution < -0.4 is 5.73 Å². The molecule has 82 valence electrons. The van der Waals surface area contributed by atoms with Gasteiger partial charge in [-0.2, -0.15) is 0 Å². The summed E-state index contributed by atoms with van der Waals surface area (Å²) in [6, 6.07) is 3.72. The molecule has 0 unspecified atom stereocenters. The predicted molar refractivity (Wildman–Crippen MR) is 61.9 cm³/mol. The molecule has 0 heterocycles. The van der Waals surface area contributed by atoms with E-state index >= 15 is 0 Å². The number of nitrogens with two attached hydrogens (primary N) is 1. The number of hydrogen-bond acceptors (Lipinski definition) is 2. The summed E-state index contributed by atoms with van der Waals surface area (Å²) < 4.78 is 0. The molecule has 2 rings (SSSR count). The van der Waals surface area contributed by atoms with E-state index in [1.165, 1.54) is 18.4 Å². The topological polar surface area (TPSA) is 46.2 Å². The molecule has 0 saturated heterocycles. The molecule has 1 aromatic rings. The molecule has 1 saturated carbocycles. The fourth-order valence-corrected chi connectivity index (χ4v) is 2.69. The van der Waals surface area contributed by atoms with Gasteiger partial charge in [0.1, 0.15) is 5.75 Å². The second-order valence-corrected chi connectivity index (χ2v) is 4.76. The summed E-state index contributed by atoms with van der Waals surface area (Å²) in [5.74, 6) is 0.363. The predicted octanol–water partition coefficient (Wildman–Crippen LogP) is 2.74. The van der Waals surface area contributed by atoms with Crippen molar-refractivity contribution in [2.24, 2.45) is 5.73 Å². The van der Waals surface area contributed by atoms with Gasteiger partial charge in [-0.1, -0.05) is 18.9 Å². The van der Waals surface area contributed by atoms with Gasteiger partial charge >= 0.3 is 0 Å². The lowest BCUT2D eigenvalue weighted by molar-refractivity contribution is 0.407. The van der Waals surface area contributed by atoms with Crippen molar-refractivity contribution >= 4 is 0 Å². The summed E-state index contributed by atoms with van der Waals surface area (Å²) in [6.45, 7) is 4.12. The third-order valence-electron chi connectivity index (χ3n) is 3.71. The van der Waals surface area contributed by atoms with E-state index < -0.39 is 0 Å². The number of rotatable bonds is 1. The Balaban J connectivity index is 2.55. The summed E-state index contributed by atoms with van der Waals surface area (Å²) in [6.07, 6.45) is 4.32. The highest BCUT2D eigenvalue weighted by Gasteiger charge is 2.34. The van der Waals surface area contributed by atoms with Crippen molar-refractivity contribution in [3.8, 4) is 5.75 Å². The minimum Gasteiger partial charge on any atom is -0.508 e. The van der Waals surface area contributed by atoms with Crippen molar-refractivity contribution in [2.75, 3.05) is 0 Å². The summed E-state index contributed by atoms with van der Waals surface area (Å²) in [4.78, 5) is 0. The first-order valence-corrected chi connectivity index (χ1v) is 5.63. The Labute approximate surface area is 91.1 Å². The maximum absolute atomic E-state index is 9.96. The number of phenols is 1. The van der Waals surface area contributed by atoms with E-state index in [1.807, 2.05) is 6.07 Å². The number of hydrogen-bond donors (Lipinski definition) is 2. The van der Waals surface area contributed by atoms with Crippen LogP contribution in [0.4, 0.5) is 0 Å². The summed E-state index contributed by atoms with van der Waals surface area (Å²) >= 11 is 0. The molecule has 0 amide bonds. The van der Waals surface area contributed by atoms with Crippen LogP contribution in [-0.2, 0) is 5.54 Å². The summed E-state index contributed by atoms with van der Waals surface area (Å²) in [5.41, 5.74) is 9.43. The monoisotopic (exact) mass is 205 g/mol. The smallest absolute Gasteiger partial charge is 0.120 e. The number of phenolic OH excluding ortho intramolecular Hbond substituents is 1. The van der Waals surface area contributed by atoms with Crippen LogP contribution >= 0.6 is 0 Å². The lowest BCUT2D eigenvalue weighted by atomic mass is 9.84. The molecule has 0 aliphatic heterocycles. The van der Waals surface area contributed by atoms with E-state index in [9.17, 15) is 5.11 Å². The fourth-order valence-electron chi connectivity index (χ4n) is 2.69. The Bertz CT molecular complexity index is 378. The maximum Gasteiger partial charge on any atom is 0.120 e. The second-order valence-electron chi connectivity index (χ2n) is 4.76. The van der Waals surface area contributed by atoms with E-state index in [4.69, 9.17) is 5.73 Å². The molecule has 1 aromatic carbocycles. The normalized spacial score (nSPS) is 19.4. The standard InChI is InChI=1S/C13H19NO/c1-9-5-6-11(15)12(10(9)2)13(14)7-3-4-8-13/h5-6,15H,3-4,7-8,14H2,1-2H3. The van der Waals surface area contributed by atoms with Crippen LogP contribution in [0.3, 0.4) is 0 Å². The minimum absolute atomic E-state index is 0.291. The Morgan fingerprint density at radius 1 is 1.20 bits per heavy atom. The highest BCUT2D eigenvalue weighted by molar-refractivity contribution is 5.47. The molecule has 0 atom stereocenters. The van der Waals surface area contributed by atoms with Gasteiger partial charge in [0.15, 0.2) is 0 Å². The quantitative estimate of drug-likeness (QED) is 0.740. The lowest BCUT2D eigenvalue weighted by Gasteiger charge is -2.27. The molecule has 3 N–H and O–H groups in total. The highest BCUT2D eigenvalue weighted by atomic mass is 16.3. The second kappa shape index (κ2) is 3.53. The van der Waals surface area contributed by atoms with E-state index in [1.54, 1.807) is 6.07 Å². The molecule has 15 heavy (non-hydrogen) atoms. The Kier molecular flexibility index (Phi) is 2.47. The SMILES string of the molecule is Cc1ccc(O)c(C2(N)CCCC2)c1C. The Morgan fingerprint density at radius 2 is 1.80 bits per heavy atom. The van der Waals surface area contributed by atoms with Crippen molar-refractivity contribution in [1.29, 1.82) is 0 Å². The van der Waals surface area contributed by atoms with Gasteiger partial charge in [0.2, 0.25) is 0 Å². The molecule has 1 aliphatic rings. The molecular weight excluding hydrogens is 186 g/mol. The third-order valence-corrected chi connectivity index (χ3v) is 3.71. The van der Waals surface area contributed by atoms with Crippen molar-refractivity contribution in [3.63, 3.8) is 0 Å². The average molecular weight is 205 g/mol. The first-order valence-electron chi connectivity index (χ1n) is 5.63. The van der Waals surface area contributed by atoms with Crippen LogP contribution in [0.25, 0.3) is 0 Å². The average Bonchev–Trinajstić information content (AvgIpc) is 2.60. The van der Waals surface area contributed by atoms with E-state index in [-0.39, 0.29) is 5.54 Å².